The van der Waals surface area contributed by atoms with Crippen molar-refractivity contribution in [2.75, 3.05) is 0 Å². The smallest absolute Gasteiger partial charge is 0.180 e. The molecule has 0 spiro atoms. The number of hydrogen-bond donors (Lipinski definition) is 0. The Morgan fingerprint density at radius 1 is 0.310 bits per heavy atom. The van der Waals surface area contributed by atoms with Crippen molar-refractivity contribution in [3.05, 3.63) is 218 Å². The van der Waals surface area contributed by atoms with Crippen LogP contribution in [0.25, 0.3) is 76.9 Å². The van der Waals surface area contributed by atoms with Crippen molar-refractivity contribution in [1.82, 2.24) is 9.13 Å². The monoisotopic (exact) mass is 756 g/mol. The molecule has 58 heavy (non-hydrogen) atoms. The summed E-state index contributed by atoms with van der Waals surface area (Å²) < 4.78 is 11.4. The van der Waals surface area contributed by atoms with E-state index >= 15 is 0 Å². The second-order valence-corrected chi connectivity index (χ2v) is 19.0. The van der Waals surface area contributed by atoms with Crippen LogP contribution >= 0.6 is 0 Å². The SMILES string of the molecule is c1ccc([Si](c2ccccc2)(c2ccc(-n3c4ccccc4c4cc(-n5c6ccccc6c6ccccc65)ccc43)cc2)c2cccc3oc4ccccc4c23)cc1. The van der Waals surface area contributed by atoms with Crippen LogP contribution in [-0.2, 0) is 0 Å². The van der Waals surface area contributed by atoms with Crippen molar-refractivity contribution in [2.45, 2.75) is 0 Å². The number of fused-ring (bicyclic) bond motifs is 9. The number of rotatable bonds is 6. The first-order chi connectivity index (χ1) is 28.8. The van der Waals surface area contributed by atoms with Crippen molar-refractivity contribution < 1.29 is 4.42 Å². The summed E-state index contributed by atoms with van der Waals surface area (Å²) in [5.74, 6) is 0. The highest BCUT2D eigenvalue weighted by molar-refractivity contribution is 7.20. The summed E-state index contributed by atoms with van der Waals surface area (Å²) in [5.41, 5.74) is 8.93. The summed E-state index contributed by atoms with van der Waals surface area (Å²) in [6.45, 7) is 0. The van der Waals surface area contributed by atoms with Crippen LogP contribution in [0.5, 0.6) is 0 Å². The van der Waals surface area contributed by atoms with Gasteiger partial charge in [-0.05, 0) is 81.4 Å². The van der Waals surface area contributed by atoms with Crippen molar-refractivity contribution in [3.8, 4) is 11.4 Å². The highest BCUT2D eigenvalue weighted by Gasteiger charge is 2.43. The van der Waals surface area contributed by atoms with Gasteiger partial charge < -0.3 is 13.6 Å². The van der Waals surface area contributed by atoms with Gasteiger partial charge in [-0.3, -0.25) is 0 Å². The molecule has 0 radical (unpaired) electrons. The lowest BCUT2D eigenvalue weighted by molar-refractivity contribution is 0.669. The molecule has 272 valence electrons. The molecule has 0 aliphatic heterocycles. The minimum atomic E-state index is -2.92. The fraction of sp³-hybridized carbons (Fsp3) is 0. The Balaban J connectivity index is 1.09. The number of aromatic nitrogens is 2. The van der Waals surface area contributed by atoms with Gasteiger partial charge in [-0.15, -0.1) is 0 Å². The molecule has 3 aromatic heterocycles. The maximum absolute atomic E-state index is 6.54. The Kier molecular flexibility index (Phi) is 7.25. The van der Waals surface area contributed by atoms with E-state index in [9.17, 15) is 0 Å². The molecule has 0 aliphatic carbocycles. The maximum atomic E-state index is 6.54. The van der Waals surface area contributed by atoms with Crippen molar-refractivity contribution >= 4 is 94.4 Å². The first-order valence-electron chi connectivity index (χ1n) is 19.9. The quantitative estimate of drug-likeness (QED) is 0.122. The Morgan fingerprint density at radius 3 is 1.38 bits per heavy atom. The molecule has 0 saturated heterocycles. The molecule has 12 aromatic rings. The van der Waals surface area contributed by atoms with Crippen LogP contribution in [0.15, 0.2) is 223 Å². The van der Waals surface area contributed by atoms with Crippen LogP contribution in [-0.4, -0.2) is 17.2 Å². The summed E-state index contributed by atoms with van der Waals surface area (Å²) in [5, 5.41) is 12.7. The Labute approximate surface area is 336 Å². The summed E-state index contributed by atoms with van der Waals surface area (Å²) in [6, 6.07) is 80.1. The van der Waals surface area contributed by atoms with E-state index in [1.807, 2.05) is 0 Å². The second kappa shape index (κ2) is 12.8. The highest BCUT2D eigenvalue weighted by atomic mass is 28.3. The minimum absolute atomic E-state index is 0.914. The average molecular weight is 757 g/mol. The molecule has 3 nitrogen and oxygen atoms in total. The van der Waals surface area contributed by atoms with Crippen molar-refractivity contribution in [2.24, 2.45) is 0 Å². The zero-order valence-corrected chi connectivity index (χ0v) is 32.6. The number of para-hydroxylation sites is 4. The first-order valence-corrected chi connectivity index (χ1v) is 21.9. The van der Waals surface area contributed by atoms with Gasteiger partial charge in [0.05, 0.1) is 22.1 Å². The molecular formula is C54H36N2OSi. The van der Waals surface area contributed by atoms with Crippen molar-refractivity contribution in [1.29, 1.82) is 0 Å². The highest BCUT2D eigenvalue weighted by Crippen LogP contribution is 2.37. The van der Waals surface area contributed by atoms with Crippen LogP contribution in [0.2, 0.25) is 0 Å². The molecular weight excluding hydrogens is 721 g/mol. The molecule has 0 aliphatic rings. The molecule has 0 amide bonds. The van der Waals surface area contributed by atoms with E-state index in [1.54, 1.807) is 0 Å². The third kappa shape index (κ3) is 4.67. The molecule has 9 aromatic carbocycles. The summed E-state index contributed by atoms with van der Waals surface area (Å²) in [4.78, 5) is 0. The van der Waals surface area contributed by atoms with E-state index in [4.69, 9.17) is 4.42 Å². The first kappa shape index (κ1) is 32.8. The molecule has 12 rings (SSSR count). The normalized spacial score (nSPS) is 12.1. The van der Waals surface area contributed by atoms with Crippen LogP contribution in [0, 0.1) is 0 Å². The van der Waals surface area contributed by atoms with Crippen LogP contribution in [0.4, 0.5) is 0 Å². The van der Waals surface area contributed by atoms with E-state index in [0.717, 1.165) is 27.9 Å². The lowest BCUT2D eigenvalue weighted by Gasteiger charge is -2.35. The Morgan fingerprint density at radius 2 is 0.759 bits per heavy atom. The summed E-state index contributed by atoms with van der Waals surface area (Å²) >= 11 is 0. The van der Waals surface area contributed by atoms with Gasteiger partial charge in [-0.25, -0.2) is 0 Å². The predicted octanol–water partition coefficient (Wildman–Crippen LogP) is 11.2. The zero-order valence-electron chi connectivity index (χ0n) is 31.6. The number of hydrogen-bond acceptors (Lipinski definition) is 1. The average Bonchev–Trinajstić information content (AvgIpc) is 3.96. The zero-order chi connectivity index (χ0) is 38.2. The molecule has 0 saturated carbocycles. The fourth-order valence-corrected chi connectivity index (χ4v) is 14.8. The standard InChI is InChI=1S/C54H36N2OSi/c1-3-16-39(17-4-1)58(40-18-5-2-6-19-40,53-29-15-28-52-54(53)45-23-10-14-27-51(45)57-52)41-33-30-37(31-34-41)55-49-26-13-9-22-44(49)46-36-38(32-35-50(46)55)56-47-24-11-7-20-42(47)43-21-8-12-25-48(43)56/h1-36H. The molecule has 0 bridgehead atoms. The Hall–Kier alpha value is -7.40. The largest absolute Gasteiger partial charge is 0.456 e. The number of benzene rings is 9. The second-order valence-electron chi connectivity index (χ2n) is 15.2. The lowest BCUT2D eigenvalue weighted by atomic mass is 10.1. The molecule has 3 heterocycles. The summed E-state index contributed by atoms with van der Waals surface area (Å²) in [6.07, 6.45) is 0. The Bertz CT molecular complexity index is 3410. The minimum Gasteiger partial charge on any atom is -0.456 e. The van der Waals surface area contributed by atoms with Gasteiger partial charge in [-0.1, -0.05) is 158 Å². The number of nitrogens with zero attached hydrogens (tertiary/aromatic N) is 2. The third-order valence-corrected chi connectivity index (χ3v) is 17.1. The van der Waals surface area contributed by atoms with E-state index in [0.29, 0.717) is 0 Å². The summed E-state index contributed by atoms with van der Waals surface area (Å²) in [7, 11) is -2.92. The van der Waals surface area contributed by atoms with E-state index in [2.05, 4.69) is 228 Å². The van der Waals surface area contributed by atoms with E-state index < -0.39 is 8.07 Å². The molecule has 0 unspecified atom stereocenters. The third-order valence-electron chi connectivity index (χ3n) is 12.3. The topological polar surface area (TPSA) is 23.0 Å². The van der Waals surface area contributed by atoms with Gasteiger partial charge in [0.15, 0.2) is 8.07 Å². The number of furan rings is 1. The predicted molar refractivity (Wildman–Crippen MR) is 246 cm³/mol. The van der Waals surface area contributed by atoms with Gasteiger partial charge in [0.1, 0.15) is 11.2 Å². The van der Waals surface area contributed by atoms with Crippen molar-refractivity contribution in [3.63, 3.8) is 0 Å². The molecule has 0 fully saturated rings. The van der Waals surface area contributed by atoms with Crippen LogP contribution in [0.3, 0.4) is 0 Å². The maximum Gasteiger partial charge on any atom is 0.180 e. The van der Waals surface area contributed by atoms with Gasteiger partial charge in [0.25, 0.3) is 0 Å². The molecule has 4 heteroatoms. The van der Waals surface area contributed by atoms with Gasteiger partial charge >= 0.3 is 0 Å². The van der Waals surface area contributed by atoms with Crippen LogP contribution in [0.1, 0.15) is 0 Å². The van der Waals surface area contributed by atoms with Crippen LogP contribution < -0.4 is 20.7 Å². The van der Waals surface area contributed by atoms with Gasteiger partial charge in [0, 0.05) is 43.7 Å². The lowest BCUT2D eigenvalue weighted by Crippen LogP contribution is -2.74. The molecule has 0 atom stereocenters. The van der Waals surface area contributed by atoms with Gasteiger partial charge in [0.2, 0.25) is 0 Å². The van der Waals surface area contributed by atoms with Gasteiger partial charge in [-0.2, -0.15) is 0 Å². The molecule has 0 N–H and O–H groups in total. The van der Waals surface area contributed by atoms with E-state index in [-0.39, 0.29) is 0 Å². The fourth-order valence-electron chi connectivity index (χ4n) is 9.87. The van der Waals surface area contributed by atoms with E-state index in [1.165, 1.54) is 69.7 Å².